The van der Waals surface area contributed by atoms with Crippen molar-refractivity contribution in [3.63, 3.8) is 0 Å². The number of hydrogen-bond donors (Lipinski definition) is 1. The summed E-state index contributed by atoms with van der Waals surface area (Å²) in [5.74, 6) is -0.289. The van der Waals surface area contributed by atoms with Crippen LogP contribution in [0.1, 0.15) is 13.3 Å². The molecule has 5 heteroatoms. The summed E-state index contributed by atoms with van der Waals surface area (Å²) in [5.41, 5.74) is 0. The Morgan fingerprint density at radius 2 is 2.38 bits per heavy atom. The molecule has 16 heavy (non-hydrogen) atoms. The van der Waals surface area contributed by atoms with Crippen LogP contribution in [-0.4, -0.2) is 63.4 Å². The fraction of sp³-hybridized carbons (Fsp3) is 0.909. The predicted octanol–water partition coefficient (Wildman–Crippen LogP) is -0.140. The number of likely N-dealkylation sites (tertiary alicyclic amines) is 1. The van der Waals surface area contributed by atoms with Gasteiger partial charge >= 0.3 is 5.97 Å². The van der Waals surface area contributed by atoms with Crippen molar-refractivity contribution in [2.45, 2.75) is 19.4 Å². The lowest BCUT2D eigenvalue weighted by Crippen LogP contribution is -2.34. The Morgan fingerprint density at radius 1 is 1.56 bits per heavy atom. The van der Waals surface area contributed by atoms with Gasteiger partial charge in [0.2, 0.25) is 0 Å². The first-order chi connectivity index (χ1) is 7.72. The van der Waals surface area contributed by atoms with E-state index in [1.54, 1.807) is 6.92 Å². The summed E-state index contributed by atoms with van der Waals surface area (Å²) >= 11 is 0. The van der Waals surface area contributed by atoms with Gasteiger partial charge in [0.15, 0.2) is 0 Å². The van der Waals surface area contributed by atoms with Crippen molar-refractivity contribution in [1.82, 2.24) is 10.2 Å². The van der Waals surface area contributed by atoms with Crippen LogP contribution in [0, 0.1) is 0 Å². The second-order valence-electron chi connectivity index (χ2n) is 4.06. The van der Waals surface area contributed by atoms with E-state index >= 15 is 0 Å². The van der Waals surface area contributed by atoms with E-state index in [1.807, 2.05) is 0 Å². The molecule has 0 amide bonds. The second-order valence-corrected chi connectivity index (χ2v) is 4.06. The smallest absolute Gasteiger partial charge is 0.332 e. The molecule has 1 aliphatic heterocycles. The lowest BCUT2D eigenvalue weighted by molar-refractivity contribution is -0.148. The highest BCUT2D eigenvalue weighted by Crippen LogP contribution is 2.05. The third-order valence-corrected chi connectivity index (χ3v) is 2.60. The number of carbonyl (C=O) groups is 1. The minimum absolute atomic E-state index is 0.0556. The largest absolute Gasteiger partial charge is 0.464 e. The third kappa shape index (κ3) is 5.44. The molecule has 0 aliphatic carbocycles. The minimum atomic E-state index is -0.289. The molecule has 0 aromatic carbocycles. The van der Waals surface area contributed by atoms with Crippen molar-refractivity contribution < 1.29 is 14.3 Å². The van der Waals surface area contributed by atoms with Gasteiger partial charge in [-0.15, -0.1) is 0 Å². The third-order valence-electron chi connectivity index (χ3n) is 2.60. The summed E-state index contributed by atoms with van der Waals surface area (Å²) in [4.78, 5) is 13.2. The molecule has 1 rings (SSSR count). The first-order valence-corrected chi connectivity index (χ1v) is 5.87. The number of nitrogens with one attached hydrogen (secondary N) is 1. The number of hydrogen-bond acceptors (Lipinski definition) is 5. The van der Waals surface area contributed by atoms with Gasteiger partial charge in [0, 0.05) is 19.1 Å². The topological polar surface area (TPSA) is 50.8 Å². The highest BCUT2D eigenvalue weighted by molar-refractivity contribution is 5.70. The highest BCUT2D eigenvalue weighted by atomic mass is 16.6. The SMILES string of the molecule is CCOC(=O)COCCNC1CCN(C)C1. The number of rotatable bonds is 7. The summed E-state index contributed by atoms with van der Waals surface area (Å²) in [6, 6.07) is 0.566. The van der Waals surface area contributed by atoms with E-state index < -0.39 is 0 Å². The van der Waals surface area contributed by atoms with Gasteiger partial charge in [-0.25, -0.2) is 4.79 Å². The van der Waals surface area contributed by atoms with Gasteiger partial charge < -0.3 is 19.7 Å². The van der Waals surface area contributed by atoms with Gasteiger partial charge in [-0.1, -0.05) is 0 Å². The number of esters is 1. The molecule has 1 N–H and O–H groups in total. The molecule has 5 nitrogen and oxygen atoms in total. The summed E-state index contributed by atoms with van der Waals surface area (Å²) < 4.78 is 9.93. The van der Waals surface area contributed by atoms with E-state index in [9.17, 15) is 4.79 Å². The van der Waals surface area contributed by atoms with Crippen LogP contribution in [0.15, 0.2) is 0 Å². The number of ether oxygens (including phenoxy) is 2. The van der Waals surface area contributed by atoms with Crippen molar-refractivity contribution in [2.24, 2.45) is 0 Å². The molecular weight excluding hydrogens is 208 g/mol. The average Bonchev–Trinajstić information content (AvgIpc) is 2.64. The molecular formula is C11H22N2O3. The minimum Gasteiger partial charge on any atom is -0.464 e. The van der Waals surface area contributed by atoms with Crippen LogP contribution in [0.3, 0.4) is 0 Å². The molecule has 1 fully saturated rings. The van der Waals surface area contributed by atoms with Crippen molar-refractivity contribution in [3.8, 4) is 0 Å². The monoisotopic (exact) mass is 230 g/mol. The number of nitrogens with zero attached hydrogens (tertiary/aromatic N) is 1. The maximum atomic E-state index is 10.9. The fourth-order valence-electron chi connectivity index (χ4n) is 1.80. The van der Waals surface area contributed by atoms with Gasteiger partial charge in [-0.2, -0.15) is 0 Å². The molecule has 1 heterocycles. The Morgan fingerprint density at radius 3 is 3.00 bits per heavy atom. The molecule has 1 unspecified atom stereocenters. The van der Waals surface area contributed by atoms with Crippen molar-refractivity contribution in [2.75, 3.05) is 46.5 Å². The zero-order chi connectivity index (χ0) is 11.8. The van der Waals surface area contributed by atoms with Crippen LogP contribution in [-0.2, 0) is 14.3 Å². The van der Waals surface area contributed by atoms with Crippen LogP contribution in [0.4, 0.5) is 0 Å². The fourth-order valence-corrected chi connectivity index (χ4v) is 1.80. The van der Waals surface area contributed by atoms with Crippen LogP contribution >= 0.6 is 0 Å². The van der Waals surface area contributed by atoms with Crippen molar-refractivity contribution in [3.05, 3.63) is 0 Å². The molecule has 1 aliphatic rings. The normalized spacial score (nSPS) is 21.2. The summed E-state index contributed by atoms with van der Waals surface area (Å²) in [5, 5.41) is 3.40. The van der Waals surface area contributed by atoms with Crippen molar-refractivity contribution in [1.29, 1.82) is 0 Å². The van der Waals surface area contributed by atoms with E-state index in [0.717, 1.165) is 19.6 Å². The van der Waals surface area contributed by atoms with Gasteiger partial charge in [-0.05, 0) is 26.9 Å². The van der Waals surface area contributed by atoms with Gasteiger partial charge in [-0.3, -0.25) is 0 Å². The molecule has 0 bridgehead atoms. The van der Waals surface area contributed by atoms with Crippen LogP contribution < -0.4 is 5.32 Å². The summed E-state index contributed by atoms with van der Waals surface area (Å²) in [7, 11) is 2.12. The van der Waals surface area contributed by atoms with Crippen LogP contribution in [0.25, 0.3) is 0 Å². The number of likely N-dealkylation sites (N-methyl/N-ethyl adjacent to an activating group) is 1. The Balaban J connectivity index is 1.90. The molecule has 1 atom stereocenters. The second kappa shape index (κ2) is 7.60. The molecule has 0 spiro atoms. The molecule has 1 saturated heterocycles. The highest BCUT2D eigenvalue weighted by Gasteiger charge is 2.17. The van der Waals surface area contributed by atoms with E-state index in [-0.39, 0.29) is 12.6 Å². The zero-order valence-electron chi connectivity index (χ0n) is 10.2. The first kappa shape index (κ1) is 13.4. The van der Waals surface area contributed by atoms with Gasteiger partial charge in [0.1, 0.15) is 6.61 Å². The molecule has 0 radical (unpaired) electrons. The Hall–Kier alpha value is -0.650. The predicted molar refractivity (Wildman–Crippen MR) is 61.4 cm³/mol. The first-order valence-electron chi connectivity index (χ1n) is 5.87. The van der Waals surface area contributed by atoms with Crippen LogP contribution in [0.2, 0.25) is 0 Å². The van der Waals surface area contributed by atoms with Crippen molar-refractivity contribution >= 4 is 5.97 Å². The van der Waals surface area contributed by atoms with E-state index in [2.05, 4.69) is 17.3 Å². The van der Waals surface area contributed by atoms with Gasteiger partial charge in [0.25, 0.3) is 0 Å². The molecule has 0 saturated carbocycles. The Bertz CT molecular complexity index is 211. The lowest BCUT2D eigenvalue weighted by atomic mass is 10.3. The summed E-state index contributed by atoms with van der Waals surface area (Å²) in [6.07, 6.45) is 1.19. The van der Waals surface area contributed by atoms with Crippen LogP contribution in [0.5, 0.6) is 0 Å². The lowest BCUT2D eigenvalue weighted by Gasteiger charge is -2.12. The van der Waals surface area contributed by atoms with E-state index in [4.69, 9.17) is 9.47 Å². The Labute approximate surface area is 97.1 Å². The maximum absolute atomic E-state index is 10.9. The van der Waals surface area contributed by atoms with E-state index in [0.29, 0.717) is 19.3 Å². The molecule has 0 aromatic heterocycles. The molecule has 94 valence electrons. The van der Waals surface area contributed by atoms with E-state index in [1.165, 1.54) is 6.42 Å². The maximum Gasteiger partial charge on any atom is 0.332 e. The quantitative estimate of drug-likeness (QED) is 0.487. The standard InChI is InChI=1S/C11H22N2O3/c1-3-16-11(14)9-15-7-5-12-10-4-6-13(2)8-10/h10,12H,3-9H2,1-2H3. The average molecular weight is 230 g/mol. The summed E-state index contributed by atoms with van der Waals surface area (Å²) in [6.45, 7) is 5.85. The zero-order valence-corrected chi connectivity index (χ0v) is 10.2. The molecule has 0 aromatic rings. The van der Waals surface area contributed by atoms with Gasteiger partial charge in [0.05, 0.1) is 13.2 Å². The number of carbonyl (C=O) groups excluding carboxylic acids is 1. The Kier molecular flexibility index (Phi) is 6.37.